The summed E-state index contributed by atoms with van der Waals surface area (Å²) in [6, 6.07) is 17.1. The fourth-order valence-electron chi connectivity index (χ4n) is 4.98. The van der Waals surface area contributed by atoms with E-state index in [0.29, 0.717) is 35.1 Å². The second-order valence-electron chi connectivity index (χ2n) is 10.2. The van der Waals surface area contributed by atoms with Gasteiger partial charge in [0.05, 0.1) is 54.6 Å². The third kappa shape index (κ3) is 7.29. The maximum absolute atomic E-state index is 11.0. The highest BCUT2D eigenvalue weighted by molar-refractivity contribution is 5.69. The van der Waals surface area contributed by atoms with Gasteiger partial charge in [0, 0.05) is 24.3 Å². The van der Waals surface area contributed by atoms with Gasteiger partial charge < -0.3 is 20.9 Å². The number of hydrogen-bond acceptors (Lipinski definition) is 11. The fraction of sp³-hybridized carbons (Fsp3) is 0.345. The minimum absolute atomic E-state index is 0.0758. The van der Waals surface area contributed by atoms with E-state index in [1.165, 1.54) is 0 Å². The molecule has 1 aromatic carbocycles. The van der Waals surface area contributed by atoms with Crippen LogP contribution in [0.3, 0.4) is 0 Å². The summed E-state index contributed by atoms with van der Waals surface area (Å²) < 4.78 is 6.83. The first-order valence-corrected chi connectivity index (χ1v) is 13.6. The first kappa shape index (κ1) is 28.7. The number of benzene rings is 1. The Kier molecular flexibility index (Phi) is 9.08. The van der Waals surface area contributed by atoms with Crippen molar-refractivity contribution in [3.8, 4) is 28.7 Å². The van der Waals surface area contributed by atoms with Gasteiger partial charge in [-0.3, -0.25) is 14.7 Å². The maximum Gasteiger partial charge on any atom is 0.317 e. The zero-order chi connectivity index (χ0) is 29.5. The molecule has 1 aliphatic rings. The molecule has 1 saturated heterocycles. The van der Waals surface area contributed by atoms with Gasteiger partial charge in [0.15, 0.2) is 0 Å². The molecule has 42 heavy (non-hydrogen) atoms. The van der Waals surface area contributed by atoms with E-state index < -0.39 is 12.1 Å². The number of aromatic nitrogens is 6. The molecule has 0 spiro atoms. The largest absolute Gasteiger partial charge is 0.480 e. The molecule has 0 amide bonds. The summed E-state index contributed by atoms with van der Waals surface area (Å²) >= 11 is 0. The molecule has 0 saturated carbocycles. The van der Waals surface area contributed by atoms with Crippen LogP contribution in [0.15, 0.2) is 54.7 Å². The van der Waals surface area contributed by atoms with Gasteiger partial charge >= 0.3 is 5.97 Å². The molecule has 0 unspecified atom stereocenters. The van der Waals surface area contributed by atoms with Crippen molar-refractivity contribution in [2.75, 3.05) is 38.7 Å². The Morgan fingerprint density at radius 1 is 1.14 bits per heavy atom. The van der Waals surface area contributed by atoms with Gasteiger partial charge in [-0.1, -0.05) is 23.4 Å². The molecule has 5 rings (SSSR count). The summed E-state index contributed by atoms with van der Waals surface area (Å²) in [5.41, 5.74) is 10.9. The Labute approximate surface area is 243 Å². The quantitative estimate of drug-likeness (QED) is 0.225. The number of carboxylic acid groups (broad SMARTS) is 1. The van der Waals surface area contributed by atoms with E-state index in [1.807, 2.05) is 29.2 Å². The lowest BCUT2D eigenvalue weighted by Gasteiger charge is -2.30. The predicted molar refractivity (Wildman–Crippen MR) is 154 cm³/mol. The fourth-order valence-corrected chi connectivity index (χ4v) is 4.98. The van der Waals surface area contributed by atoms with Gasteiger partial charge in [0.1, 0.15) is 11.9 Å². The van der Waals surface area contributed by atoms with E-state index in [0.717, 1.165) is 42.9 Å². The maximum atomic E-state index is 11.0. The van der Waals surface area contributed by atoms with Crippen LogP contribution in [-0.4, -0.2) is 85.4 Å². The average Bonchev–Trinajstić information content (AvgIpc) is 3.46. The zero-order valence-corrected chi connectivity index (χ0v) is 23.2. The number of hydrogen-bond donors (Lipinski definition) is 3. The van der Waals surface area contributed by atoms with Crippen LogP contribution in [0.5, 0.6) is 0 Å². The highest BCUT2D eigenvalue weighted by Crippen LogP contribution is 2.27. The van der Waals surface area contributed by atoms with Crippen molar-refractivity contribution >= 4 is 11.9 Å². The van der Waals surface area contributed by atoms with Gasteiger partial charge in [0.25, 0.3) is 0 Å². The molecule has 1 fully saturated rings. The number of rotatable bonds is 11. The second-order valence-corrected chi connectivity index (χ2v) is 10.2. The van der Waals surface area contributed by atoms with Crippen LogP contribution in [0.1, 0.15) is 35.7 Å². The van der Waals surface area contributed by atoms with Crippen molar-refractivity contribution in [3.05, 3.63) is 71.7 Å². The summed E-state index contributed by atoms with van der Waals surface area (Å²) in [6.45, 7) is 2.24. The van der Waals surface area contributed by atoms with E-state index in [2.05, 4.69) is 31.7 Å². The number of methoxy groups -OCH3 is 1. The van der Waals surface area contributed by atoms with Gasteiger partial charge in [-0.25, -0.2) is 14.6 Å². The Morgan fingerprint density at radius 3 is 2.69 bits per heavy atom. The number of carboxylic acids is 1. The SMILES string of the molecule is COC[C@@H](N)Nc1nc(-c2cccc(C#N)c2)cc(-c2cn(Cc3cccc(C4CCN(CC(=O)O)CC4)n3)nn2)n1. The molecular weight excluding hydrogens is 536 g/mol. The van der Waals surface area contributed by atoms with E-state index in [-0.39, 0.29) is 19.1 Å². The Bertz CT molecular complexity index is 1580. The lowest BCUT2D eigenvalue weighted by Crippen LogP contribution is -2.36. The van der Waals surface area contributed by atoms with Crippen molar-refractivity contribution in [2.45, 2.75) is 31.5 Å². The molecule has 13 nitrogen and oxygen atoms in total. The molecule has 0 aliphatic carbocycles. The van der Waals surface area contributed by atoms with Gasteiger partial charge in [-0.15, -0.1) is 5.10 Å². The smallest absolute Gasteiger partial charge is 0.317 e. The van der Waals surface area contributed by atoms with E-state index >= 15 is 0 Å². The highest BCUT2D eigenvalue weighted by Gasteiger charge is 2.23. The topological polar surface area (TPSA) is 181 Å². The zero-order valence-electron chi connectivity index (χ0n) is 23.2. The molecule has 4 N–H and O–H groups in total. The third-order valence-corrected chi connectivity index (χ3v) is 6.99. The first-order chi connectivity index (χ1) is 20.4. The van der Waals surface area contributed by atoms with Crippen molar-refractivity contribution < 1.29 is 14.6 Å². The van der Waals surface area contributed by atoms with Crippen molar-refractivity contribution in [1.82, 2.24) is 34.8 Å². The van der Waals surface area contributed by atoms with Gasteiger partial charge in [-0.2, -0.15) is 5.26 Å². The minimum atomic E-state index is -0.797. The highest BCUT2D eigenvalue weighted by atomic mass is 16.5. The van der Waals surface area contributed by atoms with Gasteiger partial charge in [-0.05, 0) is 56.3 Å². The molecule has 216 valence electrons. The second kappa shape index (κ2) is 13.3. The Morgan fingerprint density at radius 2 is 1.93 bits per heavy atom. The summed E-state index contributed by atoms with van der Waals surface area (Å²) in [5.74, 6) is -0.210. The van der Waals surface area contributed by atoms with E-state index in [4.69, 9.17) is 20.6 Å². The van der Waals surface area contributed by atoms with Crippen LogP contribution < -0.4 is 11.1 Å². The molecule has 0 radical (unpaired) electrons. The molecule has 4 heterocycles. The number of carbonyl (C=O) groups is 1. The molecule has 0 bridgehead atoms. The number of aliphatic carboxylic acids is 1. The number of nitriles is 1. The number of anilines is 1. The summed E-state index contributed by atoms with van der Waals surface area (Å²) in [4.78, 5) is 27.1. The molecule has 4 aromatic rings. The van der Waals surface area contributed by atoms with Crippen molar-refractivity contribution in [3.63, 3.8) is 0 Å². The number of nitrogens with zero attached hydrogens (tertiary/aromatic N) is 8. The number of pyridine rings is 1. The van der Waals surface area contributed by atoms with Crippen LogP contribution in [0.2, 0.25) is 0 Å². The summed E-state index contributed by atoms with van der Waals surface area (Å²) in [7, 11) is 1.56. The van der Waals surface area contributed by atoms with Crippen LogP contribution in [0.4, 0.5) is 5.95 Å². The molecule has 3 aromatic heterocycles. The first-order valence-electron chi connectivity index (χ1n) is 13.6. The number of nitrogens with two attached hydrogens (primary N) is 1. The van der Waals surface area contributed by atoms with Crippen LogP contribution in [0, 0.1) is 11.3 Å². The van der Waals surface area contributed by atoms with Crippen LogP contribution >= 0.6 is 0 Å². The number of ether oxygens (including phenoxy) is 1. The average molecular weight is 569 g/mol. The van der Waals surface area contributed by atoms with Crippen LogP contribution in [0.25, 0.3) is 22.6 Å². The number of likely N-dealkylation sites (tertiary alicyclic amines) is 1. The minimum Gasteiger partial charge on any atom is -0.480 e. The summed E-state index contributed by atoms with van der Waals surface area (Å²) in [6.07, 6.45) is 3.02. The molecule has 1 atom stereocenters. The lowest BCUT2D eigenvalue weighted by molar-refractivity contribution is -0.138. The van der Waals surface area contributed by atoms with Crippen molar-refractivity contribution in [1.29, 1.82) is 5.26 Å². The molecule has 1 aliphatic heterocycles. The van der Waals surface area contributed by atoms with E-state index in [9.17, 15) is 10.1 Å². The Hall–Kier alpha value is -4.77. The monoisotopic (exact) mass is 568 g/mol. The van der Waals surface area contributed by atoms with Crippen molar-refractivity contribution in [2.24, 2.45) is 5.73 Å². The Balaban J connectivity index is 1.35. The lowest BCUT2D eigenvalue weighted by atomic mass is 9.93. The van der Waals surface area contributed by atoms with Crippen LogP contribution in [-0.2, 0) is 16.1 Å². The third-order valence-electron chi connectivity index (χ3n) is 6.99. The standard InChI is InChI=1S/C29H32N10O3/c1-42-18-27(31)35-29-33-24(21-5-2-4-19(12-21)14-30)13-25(34-29)26-16-39(37-36-26)15-22-6-3-7-23(32-22)20-8-10-38(11-9-20)17-28(40)41/h2-7,12-13,16,20,27H,8-11,15,17-18,31H2,1H3,(H,40,41)(H,33,34,35)/t27-/m0/s1. The predicted octanol–water partition coefficient (Wildman–Crippen LogP) is 2.32. The number of nitrogens with one attached hydrogen (secondary N) is 1. The molecule has 13 heteroatoms. The van der Waals surface area contributed by atoms with E-state index in [1.54, 1.807) is 42.3 Å². The molecular formula is C29H32N10O3. The van der Waals surface area contributed by atoms with Gasteiger partial charge in [0.2, 0.25) is 5.95 Å². The normalized spacial score (nSPS) is 14.8. The number of piperidine rings is 1. The summed E-state index contributed by atoms with van der Waals surface area (Å²) in [5, 5.41) is 30.1.